The molecule has 0 bridgehead atoms. The van der Waals surface area contributed by atoms with Gasteiger partial charge in [0, 0.05) is 42.6 Å². The van der Waals surface area contributed by atoms with Gasteiger partial charge in [0.1, 0.15) is 5.69 Å². The third kappa shape index (κ3) is 6.71. The maximum atomic E-state index is 11.7. The molecule has 0 unspecified atom stereocenters. The molecule has 2 aromatic carbocycles. The molecule has 0 saturated heterocycles. The number of hydrogen-bond acceptors (Lipinski definition) is 5. The number of carbonyl (C=O) groups excluding carboxylic acids is 2. The number of carbonyl (C=O) groups is 2. The average molecular weight is 526 g/mol. The van der Waals surface area contributed by atoms with E-state index >= 15 is 0 Å². The first-order valence-corrected chi connectivity index (χ1v) is 14.2. The largest absolute Gasteiger partial charge is 0.343 e. The zero-order valence-electron chi connectivity index (χ0n) is 23.0. The third-order valence-corrected chi connectivity index (χ3v) is 8.10. The van der Waals surface area contributed by atoms with Crippen molar-refractivity contribution in [2.24, 2.45) is 11.7 Å². The molecule has 204 valence electrons. The fourth-order valence-corrected chi connectivity index (χ4v) is 5.33. The molecule has 0 radical (unpaired) electrons. The Bertz CT molecular complexity index is 1290. The second-order valence-corrected chi connectivity index (χ2v) is 11.3. The maximum absolute atomic E-state index is 11.7. The zero-order chi connectivity index (χ0) is 27.4. The van der Waals surface area contributed by atoms with Gasteiger partial charge in [0.25, 0.3) is 0 Å². The molecule has 7 heteroatoms. The molecule has 3 fully saturated rings. The minimum atomic E-state index is -0.173. The molecule has 3 aliphatic carbocycles. The molecule has 6 rings (SSSR count). The van der Waals surface area contributed by atoms with Gasteiger partial charge in [0.2, 0.25) is 11.8 Å². The molecule has 3 saturated carbocycles. The Hall–Kier alpha value is -3.58. The maximum Gasteiger partial charge on any atom is 0.225 e. The number of aromatic nitrogens is 2. The van der Waals surface area contributed by atoms with E-state index < -0.39 is 0 Å². The van der Waals surface area contributed by atoms with Crippen molar-refractivity contribution in [1.29, 1.82) is 0 Å². The summed E-state index contributed by atoms with van der Waals surface area (Å²) in [4.78, 5) is 25.1. The van der Waals surface area contributed by atoms with Crippen molar-refractivity contribution in [3.05, 3.63) is 66.2 Å². The predicted molar refractivity (Wildman–Crippen MR) is 155 cm³/mol. The summed E-state index contributed by atoms with van der Waals surface area (Å²) in [5.74, 6) is 1.07. The quantitative estimate of drug-likeness (QED) is 0.417. The number of rotatable bonds is 6. The van der Waals surface area contributed by atoms with Gasteiger partial charge in [-0.3, -0.25) is 9.59 Å². The van der Waals surface area contributed by atoms with Crippen LogP contribution in [-0.2, 0) is 15.1 Å². The molecule has 3 aromatic rings. The minimum absolute atomic E-state index is 0.151. The molecule has 39 heavy (non-hydrogen) atoms. The summed E-state index contributed by atoms with van der Waals surface area (Å²) in [5.41, 5.74) is 11.0. The van der Waals surface area contributed by atoms with Crippen LogP contribution in [0.2, 0.25) is 0 Å². The Balaban J connectivity index is 0.000000198. The summed E-state index contributed by atoms with van der Waals surface area (Å²) in [6.07, 6.45) is 10.8. The Morgan fingerprint density at radius 2 is 1.56 bits per heavy atom. The number of nitrogens with zero attached hydrogens (tertiary/aromatic N) is 3. The second kappa shape index (κ2) is 11.7. The lowest BCUT2D eigenvalue weighted by molar-refractivity contribution is -0.133. The summed E-state index contributed by atoms with van der Waals surface area (Å²) in [6.45, 7) is 1.46. The van der Waals surface area contributed by atoms with Crippen LogP contribution in [0.4, 0.5) is 5.82 Å². The van der Waals surface area contributed by atoms with Crippen LogP contribution in [0.5, 0.6) is 0 Å². The van der Waals surface area contributed by atoms with E-state index in [0.717, 1.165) is 53.6 Å². The first-order chi connectivity index (χ1) is 18.8. The van der Waals surface area contributed by atoms with Crippen molar-refractivity contribution in [1.82, 2.24) is 15.1 Å². The normalized spacial score (nSPS) is 17.9. The number of nitrogens with one attached hydrogen (secondary N) is 1. The molecule has 1 heterocycles. The monoisotopic (exact) mass is 525 g/mol. The Kier molecular flexibility index (Phi) is 8.07. The highest BCUT2D eigenvalue weighted by molar-refractivity contribution is 5.90. The smallest absolute Gasteiger partial charge is 0.225 e. The molecule has 1 aromatic heterocycles. The highest BCUT2D eigenvalue weighted by Crippen LogP contribution is 2.43. The van der Waals surface area contributed by atoms with Crippen LogP contribution in [0.25, 0.3) is 22.4 Å². The van der Waals surface area contributed by atoms with Gasteiger partial charge in [0.05, 0.1) is 0 Å². The first kappa shape index (κ1) is 27.0. The Morgan fingerprint density at radius 1 is 0.897 bits per heavy atom. The lowest BCUT2D eigenvalue weighted by Crippen LogP contribution is -2.39. The highest BCUT2D eigenvalue weighted by atomic mass is 16.2. The summed E-state index contributed by atoms with van der Waals surface area (Å²) < 4.78 is 0. The highest BCUT2D eigenvalue weighted by Gasteiger charge is 2.39. The number of nitrogens with two attached hydrogens (primary N) is 1. The zero-order valence-corrected chi connectivity index (χ0v) is 23.0. The average Bonchev–Trinajstić information content (AvgIpc) is 3.91. The van der Waals surface area contributed by atoms with Gasteiger partial charge in [-0.1, -0.05) is 73.9 Å². The van der Waals surface area contributed by atoms with Gasteiger partial charge >= 0.3 is 0 Å². The van der Waals surface area contributed by atoms with Gasteiger partial charge in [-0.05, 0) is 55.7 Å². The van der Waals surface area contributed by atoms with Gasteiger partial charge in [-0.25, -0.2) is 0 Å². The number of amides is 2. The summed E-state index contributed by atoms with van der Waals surface area (Å²) in [7, 11) is 2.00. The van der Waals surface area contributed by atoms with E-state index in [-0.39, 0.29) is 11.4 Å². The van der Waals surface area contributed by atoms with Crippen LogP contribution >= 0.6 is 0 Å². The predicted octanol–water partition coefficient (Wildman–Crippen LogP) is 5.90. The van der Waals surface area contributed by atoms with E-state index in [9.17, 15) is 9.59 Å². The van der Waals surface area contributed by atoms with Crippen molar-refractivity contribution in [2.45, 2.75) is 76.3 Å². The molecule has 3 N–H and O–H groups in total. The first-order valence-electron chi connectivity index (χ1n) is 14.2. The molecule has 2 amide bonds. The van der Waals surface area contributed by atoms with Crippen LogP contribution in [0.3, 0.4) is 0 Å². The van der Waals surface area contributed by atoms with E-state index in [1.807, 2.05) is 60.5 Å². The van der Waals surface area contributed by atoms with Crippen molar-refractivity contribution in [3.63, 3.8) is 0 Å². The molecule has 0 atom stereocenters. The molecule has 0 aliphatic heterocycles. The van der Waals surface area contributed by atoms with Gasteiger partial charge in [-0.2, -0.15) is 0 Å². The Labute approximate surface area is 231 Å². The molecule has 0 spiro atoms. The SMILES string of the molecule is CC(=O)Nc1cc(-c2ccccc2)c(-c2ccc(C3(N)CC3)cc2)nn1.CN(C(=O)C1CC1)C1CCCCC1. The van der Waals surface area contributed by atoms with Crippen molar-refractivity contribution in [3.8, 4) is 22.4 Å². The van der Waals surface area contributed by atoms with Crippen LogP contribution < -0.4 is 11.1 Å². The van der Waals surface area contributed by atoms with E-state index in [4.69, 9.17) is 5.73 Å². The second-order valence-electron chi connectivity index (χ2n) is 11.3. The lowest BCUT2D eigenvalue weighted by atomic mass is 9.94. The topological polar surface area (TPSA) is 101 Å². The summed E-state index contributed by atoms with van der Waals surface area (Å²) in [6, 6.07) is 20.6. The van der Waals surface area contributed by atoms with E-state index in [1.54, 1.807) is 0 Å². The fourth-order valence-electron chi connectivity index (χ4n) is 5.33. The lowest BCUT2D eigenvalue weighted by Gasteiger charge is -2.31. The standard InChI is InChI=1S/C21H20N4O.C11H19NO/c1-14(26)23-19-13-18(15-5-3-2-4-6-15)20(25-24-19)16-7-9-17(10-8-16)21(22)11-12-21;1-12(11(13)9-7-8-9)10-5-3-2-4-6-10/h2-10,13H,11-12,22H2,1H3,(H,23,24,26);9-10H,2-8H2,1H3. The molecule has 3 aliphatic rings. The minimum Gasteiger partial charge on any atom is -0.343 e. The molecule has 7 nitrogen and oxygen atoms in total. The molecular weight excluding hydrogens is 486 g/mol. The van der Waals surface area contributed by atoms with Crippen LogP contribution in [0.15, 0.2) is 60.7 Å². The van der Waals surface area contributed by atoms with Crippen LogP contribution in [0, 0.1) is 5.92 Å². The van der Waals surface area contributed by atoms with E-state index in [1.165, 1.54) is 39.0 Å². The number of hydrogen-bond donors (Lipinski definition) is 2. The number of benzene rings is 2. The van der Waals surface area contributed by atoms with Crippen LogP contribution in [0.1, 0.15) is 70.3 Å². The van der Waals surface area contributed by atoms with Gasteiger partial charge in [0.15, 0.2) is 5.82 Å². The van der Waals surface area contributed by atoms with Crippen molar-refractivity contribution >= 4 is 17.6 Å². The summed E-state index contributed by atoms with van der Waals surface area (Å²) >= 11 is 0. The van der Waals surface area contributed by atoms with Gasteiger partial charge < -0.3 is 16.0 Å². The van der Waals surface area contributed by atoms with Gasteiger partial charge in [-0.15, -0.1) is 10.2 Å². The fraction of sp³-hybridized carbons (Fsp3) is 0.438. The number of anilines is 1. The van der Waals surface area contributed by atoms with Crippen LogP contribution in [-0.4, -0.2) is 40.0 Å². The third-order valence-electron chi connectivity index (χ3n) is 8.10. The van der Waals surface area contributed by atoms with E-state index in [0.29, 0.717) is 23.7 Å². The van der Waals surface area contributed by atoms with Crippen molar-refractivity contribution < 1.29 is 9.59 Å². The Morgan fingerprint density at radius 3 is 2.15 bits per heavy atom. The van der Waals surface area contributed by atoms with E-state index in [2.05, 4.69) is 27.6 Å². The van der Waals surface area contributed by atoms with Crippen molar-refractivity contribution in [2.75, 3.05) is 12.4 Å². The molecular formula is C32H39N5O2. The summed E-state index contributed by atoms with van der Waals surface area (Å²) in [5, 5.41) is 11.2.